The zero-order chi connectivity index (χ0) is 16.8. The van der Waals surface area contributed by atoms with Gasteiger partial charge in [0.1, 0.15) is 5.02 Å². The number of halogens is 1. The quantitative estimate of drug-likeness (QED) is 0.621. The lowest BCUT2D eigenvalue weighted by atomic mass is 10.1. The highest BCUT2D eigenvalue weighted by Gasteiger charge is 2.13. The first-order valence-electron chi connectivity index (χ1n) is 7.07. The van der Waals surface area contributed by atoms with Crippen molar-refractivity contribution in [1.29, 1.82) is 0 Å². The first-order valence-corrected chi connectivity index (χ1v) is 7.44. The molecule has 0 aliphatic rings. The molecular weight excluding hydrogens is 318 g/mol. The highest BCUT2D eigenvalue weighted by molar-refractivity contribution is 6.32. The van der Waals surface area contributed by atoms with E-state index in [1.165, 1.54) is 12.1 Å². The molecule has 23 heavy (non-hydrogen) atoms. The molecule has 0 unspecified atom stereocenters. The van der Waals surface area contributed by atoms with Gasteiger partial charge in [0.15, 0.2) is 0 Å². The molecule has 2 N–H and O–H groups in total. The molecule has 0 aromatic heterocycles. The number of nitrogens with zero attached hydrogens (tertiary/aromatic N) is 1. The van der Waals surface area contributed by atoms with Crippen LogP contribution in [0.5, 0.6) is 0 Å². The van der Waals surface area contributed by atoms with Crippen LogP contribution < -0.4 is 10.6 Å². The lowest BCUT2D eigenvalue weighted by molar-refractivity contribution is -0.384. The summed E-state index contributed by atoms with van der Waals surface area (Å²) in [5, 5.41) is 16.6. The largest absolute Gasteiger partial charge is 0.376 e. The highest BCUT2D eigenvalue weighted by Crippen LogP contribution is 2.27. The number of anilines is 2. The van der Waals surface area contributed by atoms with Crippen LogP contribution in [0, 0.1) is 10.1 Å². The Morgan fingerprint density at radius 3 is 2.70 bits per heavy atom. The molecule has 0 fully saturated rings. The van der Waals surface area contributed by atoms with Crippen LogP contribution in [0.2, 0.25) is 5.02 Å². The predicted molar refractivity (Wildman–Crippen MR) is 91.0 cm³/mol. The van der Waals surface area contributed by atoms with Crippen molar-refractivity contribution >= 4 is 34.6 Å². The van der Waals surface area contributed by atoms with E-state index in [0.717, 1.165) is 17.7 Å². The Bertz CT molecular complexity index is 734. The number of carbonyl (C=O) groups excluding carboxylic acids is 1. The van der Waals surface area contributed by atoms with Crippen molar-refractivity contribution in [3.05, 3.63) is 63.2 Å². The Hall–Kier alpha value is -2.60. The van der Waals surface area contributed by atoms with E-state index in [9.17, 15) is 14.9 Å². The van der Waals surface area contributed by atoms with Gasteiger partial charge in [0.25, 0.3) is 5.69 Å². The molecule has 0 aliphatic carbocycles. The van der Waals surface area contributed by atoms with Gasteiger partial charge in [-0.15, -0.1) is 0 Å². The Labute approximate surface area is 138 Å². The summed E-state index contributed by atoms with van der Waals surface area (Å²) in [4.78, 5) is 22.3. The third-order valence-electron chi connectivity index (χ3n) is 3.27. The van der Waals surface area contributed by atoms with Crippen molar-refractivity contribution in [3.8, 4) is 0 Å². The van der Waals surface area contributed by atoms with Gasteiger partial charge in [0, 0.05) is 17.4 Å². The summed E-state index contributed by atoms with van der Waals surface area (Å²) < 4.78 is 0. The van der Waals surface area contributed by atoms with Crippen LogP contribution in [-0.4, -0.2) is 17.4 Å². The SMILES string of the molecule is CCc1ccccc1NC(=O)CNc1ccc(Cl)c([N+](=O)[O-])c1. The number of nitro groups is 1. The minimum atomic E-state index is -0.564. The standard InChI is InChI=1S/C16H16ClN3O3/c1-2-11-5-3-4-6-14(11)19-16(21)10-18-12-7-8-13(17)15(9-12)20(22)23/h3-9,18H,2,10H2,1H3,(H,19,21). The number of nitrogens with one attached hydrogen (secondary N) is 2. The van der Waals surface area contributed by atoms with E-state index in [1.807, 2.05) is 31.2 Å². The lowest BCUT2D eigenvalue weighted by Crippen LogP contribution is -2.22. The van der Waals surface area contributed by atoms with Gasteiger partial charge in [-0.1, -0.05) is 36.7 Å². The second-order valence-corrected chi connectivity index (χ2v) is 5.24. The smallest absolute Gasteiger partial charge is 0.289 e. The Morgan fingerprint density at radius 2 is 2.00 bits per heavy atom. The minimum Gasteiger partial charge on any atom is -0.376 e. The molecule has 7 heteroatoms. The number of hydrogen-bond donors (Lipinski definition) is 2. The molecule has 0 spiro atoms. The first-order chi connectivity index (χ1) is 11.0. The van der Waals surface area contributed by atoms with Crippen LogP contribution in [-0.2, 0) is 11.2 Å². The topological polar surface area (TPSA) is 84.3 Å². The Kier molecular flexibility index (Phi) is 5.54. The molecule has 0 bridgehead atoms. The van der Waals surface area contributed by atoms with Gasteiger partial charge in [0.2, 0.25) is 5.91 Å². The van der Waals surface area contributed by atoms with E-state index in [4.69, 9.17) is 11.6 Å². The molecule has 0 aliphatic heterocycles. The molecule has 6 nitrogen and oxygen atoms in total. The zero-order valence-electron chi connectivity index (χ0n) is 12.5. The van der Waals surface area contributed by atoms with Gasteiger partial charge in [0.05, 0.1) is 11.5 Å². The summed E-state index contributed by atoms with van der Waals surface area (Å²) in [6, 6.07) is 11.9. The van der Waals surface area contributed by atoms with Crippen molar-refractivity contribution in [1.82, 2.24) is 0 Å². The molecule has 2 rings (SSSR count). The van der Waals surface area contributed by atoms with Crippen molar-refractivity contribution < 1.29 is 9.72 Å². The van der Waals surface area contributed by atoms with Crippen molar-refractivity contribution in [2.75, 3.05) is 17.2 Å². The zero-order valence-corrected chi connectivity index (χ0v) is 13.3. The number of amides is 1. The molecule has 2 aromatic rings. The molecule has 0 saturated carbocycles. The summed E-state index contributed by atoms with van der Waals surface area (Å²) in [7, 11) is 0. The monoisotopic (exact) mass is 333 g/mol. The number of hydrogen-bond acceptors (Lipinski definition) is 4. The number of nitro benzene ring substituents is 1. The summed E-state index contributed by atoms with van der Waals surface area (Å²) in [5.74, 6) is -0.233. The summed E-state index contributed by atoms with van der Waals surface area (Å²) in [6.07, 6.45) is 0.813. The summed E-state index contributed by atoms with van der Waals surface area (Å²) in [5.41, 5.74) is 2.07. The number of para-hydroxylation sites is 1. The third-order valence-corrected chi connectivity index (χ3v) is 3.59. The lowest BCUT2D eigenvalue weighted by Gasteiger charge is -2.11. The maximum atomic E-state index is 12.0. The van der Waals surface area contributed by atoms with E-state index < -0.39 is 4.92 Å². The first kappa shape index (κ1) is 16.8. The average Bonchev–Trinajstić information content (AvgIpc) is 2.54. The maximum absolute atomic E-state index is 12.0. The van der Waals surface area contributed by atoms with Gasteiger partial charge in [-0.2, -0.15) is 0 Å². The van der Waals surface area contributed by atoms with Crippen molar-refractivity contribution in [3.63, 3.8) is 0 Å². The fraction of sp³-hybridized carbons (Fsp3) is 0.188. The van der Waals surface area contributed by atoms with Gasteiger partial charge in [-0.25, -0.2) is 0 Å². The van der Waals surface area contributed by atoms with Crippen LogP contribution >= 0.6 is 11.6 Å². The van der Waals surface area contributed by atoms with Gasteiger partial charge >= 0.3 is 0 Å². The molecular formula is C16H16ClN3O3. The third kappa shape index (κ3) is 4.43. The number of benzene rings is 2. The average molecular weight is 334 g/mol. The maximum Gasteiger partial charge on any atom is 0.289 e. The predicted octanol–water partition coefficient (Wildman–Crippen LogP) is 3.86. The van der Waals surface area contributed by atoms with E-state index in [2.05, 4.69) is 10.6 Å². The van der Waals surface area contributed by atoms with Crippen molar-refractivity contribution in [2.24, 2.45) is 0 Å². The number of rotatable bonds is 6. The van der Waals surface area contributed by atoms with Crippen LogP contribution in [0.4, 0.5) is 17.1 Å². The number of carbonyl (C=O) groups is 1. The van der Waals surface area contributed by atoms with Crippen molar-refractivity contribution in [2.45, 2.75) is 13.3 Å². The Morgan fingerprint density at radius 1 is 1.26 bits per heavy atom. The van der Waals surface area contributed by atoms with Crippen LogP contribution in [0.1, 0.15) is 12.5 Å². The van der Waals surface area contributed by atoms with E-state index in [0.29, 0.717) is 5.69 Å². The molecule has 120 valence electrons. The molecule has 0 saturated heterocycles. The van der Waals surface area contributed by atoms with E-state index >= 15 is 0 Å². The highest BCUT2D eigenvalue weighted by atomic mass is 35.5. The van der Waals surface area contributed by atoms with Gasteiger partial charge in [-0.3, -0.25) is 14.9 Å². The fourth-order valence-electron chi connectivity index (χ4n) is 2.09. The molecule has 2 aromatic carbocycles. The van der Waals surface area contributed by atoms with Gasteiger partial charge < -0.3 is 10.6 Å². The second-order valence-electron chi connectivity index (χ2n) is 4.84. The normalized spacial score (nSPS) is 10.2. The molecule has 1 amide bonds. The van der Waals surface area contributed by atoms with E-state index in [1.54, 1.807) is 6.07 Å². The summed E-state index contributed by atoms with van der Waals surface area (Å²) in [6.45, 7) is 2.01. The second kappa shape index (κ2) is 7.60. The molecule has 0 atom stereocenters. The summed E-state index contributed by atoms with van der Waals surface area (Å²) >= 11 is 5.75. The van der Waals surface area contributed by atoms with Gasteiger partial charge in [-0.05, 0) is 30.2 Å². The Balaban J connectivity index is 1.99. The van der Waals surface area contributed by atoms with Crippen LogP contribution in [0.3, 0.4) is 0 Å². The minimum absolute atomic E-state index is 0.00314. The molecule has 0 radical (unpaired) electrons. The molecule has 0 heterocycles. The number of aryl methyl sites for hydroxylation is 1. The van der Waals surface area contributed by atoms with E-state index in [-0.39, 0.29) is 23.2 Å². The fourth-order valence-corrected chi connectivity index (χ4v) is 2.28. The van der Waals surface area contributed by atoms with Crippen LogP contribution in [0.15, 0.2) is 42.5 Å². The van der Waals surface area contributed by atoms with Crippen LogP contribution in [0.25, 0.3) is 0 Å².